The summed E-state index contributed by atoms with van der Waals surface area (Å²) in [4.78, 5) is 4.30. The molecule has 1 aliphatic rings. The summed E-state index contributed by atoms with van der Waals surface area (Å²) in [5, 5.41) is 3.22. The maximum atomic E-state index is 12.2. The minimum atomic E-state index is -3.17. The van der Waals surface area contributed by atoms with Crippen molar-refractivity contribution in [2.24, 2.45) is 5.92 Å². The van der Waals surface area contributed by atoms with Gasteiger partial charge >= 0.3 is 0 Å². The number of sulfonamides is 1. The van der Waals surface area contributed by atoms with Gasteiger partial charge in [-0.2, -0.15) is 0 Å². The zero-order chi connectivity index (χ0) is 17.9. The second-order valence-electron chi connectivity index (χ2n) is 7.02. The van der Waals surface area contributed by atoms with Crippen LogP contribution in [0.2, 0.25) is 0 Å². The summed E-state index contributed by atoms with van der Waals surface area (Å²) < 4.78 is 28.5. The Morgan fingerprint density at radius 1 is 1.28 bits per heavy atom. The first-order chi connectivity index (χ1) is 12.0. The Morgan fingerprint density at radius 3 is 2.76 bits per heavy atom. The highest BCUT2D eigenvalue weighted by Crippen LogP contribution is 2.27. The molecule has 7 heteroatoms. The molecule has 1 unspecified atom stereocenters. The van der Waals surface area contributed by atoms with Crippen molar-refractivity contribution >= 4 is 37.3 Å². The van der Waals surface area contributed by atoms with Crippen LogP contribution in [0.15, 0.2) is 23.7 Å². The van der Waals surface area contributed by atoms with E-state index in [9.17, 15) is 8.42 Å². The molecule has 0 spiro atoms. The van der Waals surface area contributed by atoms with Gasteiger partial charge in [0.2, 0.25) is 10.0 Å². The van der Waals surface area contributed by atoms with E-state index < -0.39 is 10.0 Å². The molecule has 3 rings (SSSR count). The highest BCUT2D eigenvalue weighted by molar-refractivity contribution is 7.90. The van der Waals surface area contributed by atoms with Crippen LogP contribution in [0.1, 0.15) is 46.0 Å². The first-order valence-electron chi connectivity index (χ1n) is 9.06. The molecule has 138 valence electrons. The fourth-order valence-corrected chi connectivity index (χ4v) is 5.37. The highest BCUT2D eigenvalue weighted by Gasteiger charge is 2.27. The van der Waals surface area contributed by atoms with Gasteiger partial charge in [0.05, 0.1) is 21.0 Å². The largest absolute Gasteiger partial charge is 0.385 e. The monoisotopic (exact) mass is 381 g/mol. The van der Waals surface area contributed by atoms with Crippen LogP contribution in [0.3, 0.4) is 0 Å². The molecular weight excluding hydrogens is 354 g/mol. The zero-order valence-electron chi connectivity index (χ0n) is 14.9. The normalized spacial score (nSPS) is 22.8. The minimum absolute atomic E-state index is 0.101. The first-order valence-corrected chi connectivity index (χ1v) is 11.5. The quantitative estimate of drug-likeness (QED) is 0.761. The molecule has 0 saturated heterocycles. The molecule has 25 heavy (non-hydrogen) atoms. The number of nitrogens with zero attached hydrogens (tertiary/aromatic N) is 1. The van der Waals surface area contributed by atoms with Crippen molar-refractivity contribution in [2.45, 2.75) is 57.2 Å². The van der Waals surface area contributed by atoms with Crippen LogP contribution in [0, 0.1) is 5.92 Å². The molecule has 0 radical (unpaired) electrons. The smallest absolute Gasteiger partial charge is 0.214 e. The summed E-state index contributed by atoms with van der Waals surface area (Å²) in [6.07, 6.45) is 4.62. The maximum Gasteiger partial charge on any atom is 0.214 e. The Kier molecular flexibility index (Phi) is 5.96. The van der Waals surface area contributed by atoms with Gasteiger partial charge in [0.1, 0.15) is 0 Å². The van der Waals surface area contributed by atoms with Crippen molar-refractivity contribution in [3.8, 4) is 0 Å². The van der Waals surface area contributed by atoms with Crippen LogP contribution < -0.4 is 10.0 Å². The van der Waals surface area contributed by atoms with Crippen molar-refractivity contribution < 1.29 is 8.42 Å². The second kappa shape index (κ2) is 8.01. The molecule has 1 atom stereocenters. The van der Waals surface area contributed by atoms with Crippen molar-refractivity contribution in [3.63, 3.8) is 0 Å². The van der Waals surface area contributed by atoms with Gasteiger partial charge in [0.25, 0.3) is 0 Å². The Bertz CT molecular complexity index is 796. The number of nitrogens with one attached hydrogen (secondary N) is 2. The van der Waals surface area contributed by atoms with Gasteiger partial charge in [-0.05, 0) is 63.1 Å². The summed E-state index contributed by atoms with van der Waals surface area (Å²) in [6, 6.07) is 6.38. The number of rotatable bonds is 7. The predicted octanol–water partition coefficient (Wildman–Crippen LogP) is 3.98. The van der Waals surface area contributed by atoms with E-state index in [1.165, 1.54) is 4.70 Å². The average molecular weight is 382 g/mol. The molecule has 0 bridgehead atoms. The third kappa shape index (κ3) is 4.71. The van der Waals surface area contributed by atoms with E-state index in [0.29, 0.717) is 12.3 Å². The van der Waals surface area contributed by atoms with Crippen LogP contribution in [-0.2, 0) is 10.0 Å². The summed E-state index contributed by atoms with van der Waals surface area (Å²) in [6.45, 7) is 4.63. The lowest BCUT2D eigenvalue weighted by atomic mass is 9.86. The molecule has 0 amide bonds. The van der Waals surface area contributed by atoms with E-state index in [1.807, 2.05) is 12.4 Å². The number of hydrogen-bond acceptors (Lipinski definition) is 5. The lowest BCUT2D eigenvalue weighted by molar-refractivity contribution is 0.323. The van der Waals surface area contributed by atoms with Crippen LogP contribution in [0.25, 0.3) is 10.2 Å². The third-order valence-electron chi connectivity index (χ3n) is 5.21. The van der Waals surface area contributed by atoms with Crippen molar-refractivity contribution in [3.05, 3.63) is 23.7 Å². The van der Waals surface area contributed by atoms with Gasteiger partial charge < -0.3 is 5.32 Å². The summed E-state index contributed by atoms with van der Waals surface area (Å²) >= 11 is 1.66. The molecule has 1 aromatic carbocycles. The van der Waals surface area contributed by atoms with E-state index in [-0.39, 0.29) is 11.3 Å². The Labute approximate surface area is 154 Å². The predicted molar refractivity (Wildman–Crippen MR) is 106 cm³/mol. The summed E-state index contributed by atoms with van der Waals surface area (Å²) in [5.41, 5.74) is 4.05. The molecule has 1 aliphatic carbocycles. The van der Waals surface area contributed by atoms with Gasteiger partial charge in [-0.15, -0.1) is 11.3 Å². The number of hydrogen-bond donors (Lipinski definition) is 2. The van der Waals surface area contributed by atoms with Gasteiger partial charge in [-0.1, -0.05) is 6.92 Å². The number of aromatic nitrogens is 1. The van der Waals surface area contributed by atoms with Crippen molar-refractivity contribution in [2.75, 3.05) is 11.9 Å². The van der Waals surface area contributed by atoms with Gasteiger partial charge in [-0.25, -0.2) is 18.1 Å². The standard InChI is InChI=1S/C18H27N3O2S2/c1-3-13(2)25(22,23)21-15-6-4-14(5-7-15)11-19-16-8-9-17-18(10-16)24-12-20-17/h8-10,12-15,19,21H,3-7,11H2,1-2H3/t13?,14-,15-. The van der Waals surface area contributed by atoms with E-state index in [4.69, 9.17) is 0 Å². The van der Waals surface area contributed by atoms with Gasteiger partial charge in [0, 0.05) is 18.3 Å². The Morgan fingerprint density at radius 2 is 2.04 bits per heavy atom. The average Bonchev–Trinajstić information content (AvgIpc) is 3.07. The summed E-state index contributed by atoms with van der Waals surface area (Å²) in [5.74, 6) is 0.599. The topological polar surface area (TPSA) is 71.1 Å². The third-order valence-corrected chi connectivity index (χ3v) is 8.05. The van der Waals surface area contributed by atoms with Crippen molar-refractivity contribution in [1.82, 2.24) is 9.71 Å². The fourth-order valence-electron chi connectivity index (χ4n) is 3.28. The lowest BCUT2D eigenvalue weighted by Crippen LogP contribution is -2.42. The van der Waals surface area contributed by atoms with Crippen LogP contribution in [-0.4, -0.2) is 31.2 Å². The van der Waals surface area contributed by atoms with Gasteiger partial charge in [0.15, 0.2) is 0 Å². The van der Waals surface area contributed by atoms with E-state index >= 15 is 0 Å². The minimum Gasteiger partial charge on any atom is -0.385 e. The molecule has 0 aliphatic heterocycles. The van der Waals surface area contributed by atoms with E-state index in [1.54, 1.807) is 18.3 Å². The van der Waals surface area contributed by atoms with E-state index in [0.717, 1.165) is 43.4 Å². The lowest BCUT2D eigenvalue weighted by Gasteiger charge is -2.30. The Hall–Kier alpha value is -1.18. The molecule has 2 N–H and O–H groups in total. The van der Waals surface area contributed by atoms with E-state index in [2.05, 4.69) is 33.2 Å². The van der Waals surface area contributed by atoms with Crippen LogP contribution in [0.5, 0.6) is 0 Å². The zero-order valence-corrected chi connectivity index (χ0v) is 16.5. The number of anilines is 1. The Balaban J connectivity index is 1.46. The SMILES string of the molecule is CCC(C)S(=O)(=O)N[C@H]1CC[C@H](CNc2ccc3ncsc3c2)CC1. The molecule has 1 saturated carbocycles. The summed E-state index contributed by atoms with van der Waals surface area (Å²) in [7, 11) is -3.17. The molecule has 5 nitrogen and oxygen atoms in total. The van der Waals surface area contributed by atoms with Gasteiger partial charge in [-0.3, -0.25) is 0 Å². The molecule has 1 heterocycles. The number of thiazole rings is 1. The number of fused-ring (bicyclic) bond motifs is 1. The maximum absolute atomic E-state index is 12.2. The molecule has 1 fully saturated rings. The first kappa shape index (κ1) is 18.6. The fraction of sp³-hybridized carbons (Fsp3) is 0.611. The number of benzene rings is 1. The van der Waals surface area contributed by atoms with Crippen molar-refractivity contribution in [1.29, 1.82) is 0 Å². The molecule has 2 aromatic rings. The van der Waals surface area contributed by atoms with Crippen LogP contribution in [0.4, 0.5) is 5.69 Å². The van der Waals surface area contributed by atoms with Crippen LogP contribution >= 0.6 is 11.3 Å². The molecular formula is C18H27N3O2S2. The molecule has 1 aromatic heterocycles. The highest BCUT2D eigenvalue weighted by atomic mass is 32.2. The second-order valence-corrected chi connectivity index (χ2v) is 10.0.